The van der Waals surface area contributed by atoms with Gasteiger partial charge in [-0.15, -0.1) is 0 Å². The van der Waals surface area contributed by atoms with Crippen LogP contribution in [0, 0.1) is 0 Å². The first-order valence-electron chi connectivity index (χ1n) is 6.41. The van der Waals surface area contributed by atoms with E-state index in [1.165, 1.54) is 12.1 Å². The molecule has 5 nitrogen and oxygen atoms in total. The van der Waals surface area contributed by atoms with E-state index in [-0.39, 0.29) is 11.3 Å². The molecule has 1 unspecified atom stereocenters. The normalized spacial score (nSPS) is 12.8. The van der Waals surface area contributed by atoms with Crippen molar-refractivity contribution in [3.63, 3.8) is 0 Å². The fourth-order valence-electron chi connectivity index (χ4n) is 1.89. The molecular formula is C15H13BrNO4S-. The maximum absolute atomic E-state index is 12.2. The number of carboxylic acids is 1. The summed E-state index contributed by atoms with van der Waals surface area (Å²) >= 11 is 3.21. The molecule has 0 fully saturated rings. The third-order valence-electron chi connectivity index (χ3n) is 2.99. The molecule has 0 saturated heterocycles. The second-order valence-electron chi connectivity index (χ2n) is 4.64. The molecule has 1 atom stereocenters. The van der Waals surface area contributed by atoms with E-state index >= 15 is 0 Å². The average molecular weight is 383 g/mol. The van der Waals surface area contributed by atoms with Crippen molar-refractivity contribution in [1.29, 1.82) is 0 Å². The van der Waals surface area contributed by atoms with E-state index in [0.717, 1.165) is 4.47 Å². The summed E-state index contributed by atoms with van der Waals surface area (Å²) in [5.74, 6) is -1.47. The zero-order valence-corrected chi connectivity index (χ0v) is 13.8. The molecule has 0 bridgehead atoms. The van der Waals surface area contributed by atoms with Crippen LogP contribution >= 0.6 is 15.9 Å². The molecule has 0 amide bonds. The maximum Gasteiger partial charge on any atom is 0.241 e. The molecular weight excluding hydrogens is 370 g/mol. The van der Waals surface area contributed by atoms with Gasteiger partial charge in [0.15, 0.2) is 0 Å². The van der Waals surface area contributed by atoms with Crippen molar-refractivity contribution >= 4 is 31.9 Å². The highest BCUT2D eigenvalue weighted by molar-refractivity contribution is 9.10. The third-order valence-corrected chi connectivity index (χ3v) is 5.00. The van der Waals surface area contributed by atoms with Crippen molar-refractivity contribution in [2.24, 2.45) is 0 Å². The number of benzene rings is 2. The summed E-state index contributed by atoms with van der Waals surface area (Å²) in [6.07, 6.45) is 0.0128. The van der Waals surface area contributed by atoms with Gasteiger partial charge in [-0.3, -0.25) is 0 Å². The van der Waals surface area contributed by atoms with Crippen LogP contribution in [0.15, 0.2) is 64.0 Å². The zero-order chi connectivity index (χ0) is 16.2. The van der Waals surface area contributed by atoms with E-state index in [9.17, 15) is 18.3 Å². The SMILES string of the molecule is O=C([O-])C(Cc1ccccc1)NS(=O)(=O)c1ccc(Br)cc1. The minimum atomic E-state index is -3.93. The molecule has 0 aromatic heterocycles. The molecule has 0 aliphatic heterocycles. The zero-order valence-electron chi connectivity index (χ0n) is 11.4. The van der Waals surface area contributed by atoms with Crippen LogP contribution in [0.3, 0.4) is 0 Å². The van der Waals surface area contributed by atoms with Gasteiger partial charge < -0.3 is 9.90 Å². The number of aliphatic carboxylic acids is 1. The van der Waals surface area contributed by atoms with Crippen LogP contribution in [0.1, 0.15) is 5.56 Å². The van der Waals surface area contributed by atoms with Crippen molar-refractivity contribution in [3.05, 3.63) is 64.6 Å². The molecule has 116 valence electrons. The Balaban J connectivity index is 2.20. The van der Waals surface area contributed by atoms with Crippen molar-refractivity contribution in [1.82, 2.24) is 4.72 Å². The minimum absolute atomic E-state index is 0.00462. The van der Waals surface area contributed by atoms with Crippen molar-refractivity contribution < 1.29 is 18.3 Å². The van der Waals surface area contributed by atoms with Crippen molar-refractivity contribution in [3.8, 4) is 0 Å². The van der Waals surface area contributed by atoms with E-state index in [4.69, 9.17) is 0 Å². The number of halogens is 1. The van der Waals surface area contributed by atoms with Gasteiger partial charge in [-0.05, 0) is 36.2 Å². The van der Waals surface area contributed by atoms with Gasteiger partial charge in [0.1, 0.15) is 0 Å². The van der Waals surface area contributed by atoms with Gasteiger partial charge in [0, 0.05) is 4.47 Å². The predicted octanol–water partition coefficient (Wildman–Crippen LogP) is 1.09. The van der Waals surface area contributed by atoms with E-state index < -0.39 is 22.0 Å². The summed E-state index contributed by atoms with van der Waals surface area (Å²) < 4.78 is 27.4. The highest BCUT2D eigenvalue weighted by atomic mass is 79.9. The Bertz CT molecular complexity index is 745. The van der Waals surface area contributed by atoms with Gasteiger partial charge in [-0.2, -0.15) is 0 Å². The first kappa shape index (κ1) is 16.7. The van der Waals surface area contributed by atoms with Gasteiger partial charge in [-0.25, -0.2) is 13.1 Å². The van der Waals surface area contributed by atoms with Crippen LogP contribution in [0.2, 0.25) is 0 Å². The van der Waals surface area contributed by atoms with Gasteiger partial charge in [0.25, 0.3) is 0 Å². The van der Waals surface area contributed by atoms with E-state index in [2.05, 4.69) is 20.7 Å². The van der Waals surface area contributed by atoms with E-state index in [1.54, 1.807) is 42.5 Å². The lowest BCUT2D eigenvalue weighted by molar-refractivity contribution is -0.307. The number of sulfonamides is 1. The third kappa shape index (κ3) is 4.40. The number of carbonyl (C=O) groups is 1. The minimum Gasteiger partial charge on any atom is -0.548 e. The lowest BCUT2D eigenvalue weighted by Crippen LogP contribution is -2.49. The Hall–Kier alpha value is -1.70. The quantitative estimate of drug-likeness (QED) is 0.809. The maximum atomic E-state index is 12.2. The Morgan fingerprint density at radius 3 is 2.23 bits per heavy atom. The molecule has 0 saturated carbocycles. The van der Waals surface area contributed by atoms with E-state index in [0.29, 0.717) is 5.56 Å². The Morgan fingerprint density at radius 2 is 1.68 bits per heavy atom. The molecule has 2 aromatic rings. The molecule has 0 spiro atoms. The van der Waals surface area contributed by atoms with Crippen molar-refractivity contribution in [2.45, 2.75) is 17.4 Å². The number of nitrogens with one attached hydrogen (secondary N) is 1. The molecule has 0 radical (unpaired) electrons. The lowest BCUT2D eigenvalue weighted by atomic mass is 10.1. The van der Waals surface area contributed by atoms with Gasteiger partial charge in [0.2, 0.25) is 10.0 Å². The predicted molar refractivity (Wildman–Crippen MR) is 83.4 cm³/mol. The Morgan fingerprint density at radius 1 is 1.09 bits per heavy atom. The molecule has 0 aliphatic carbocycles. The van der Waals surface area contributed by atoms with Gasteiger partial charge in [-0.1, -0.05) is 46.3 Å². The molecule has 0 heterocycles. The summed E-state index contributed by atoms with van der Waals surface area (Å²) in [6.45, 7) is 0. The molecule has 0 aliphatic rings. The highest BCUT2D eigenvalue weighted by Crippen LogP contribution is 2.15. The summed E-state index contributed by atoms with van der Waals surface area (Å²) in [7, 11) is -3.93. The monoisotopic (exact) mass is 382 g/mol. The van der Waals surface area contributed by atoms with Crippen LogP contribution in [0.25, 0.3) is 0 Å². The Kier molecular flexibility index (Phi) is 5.33. The molecule has 22 heavy (non-hydrogen) atoms. The second kappa shape index (κ2) is 7.04. The summed E-state index contributed by atoms with van der Waals surface area (Å²) in [6, 6.07) is 13.3. The first-order chi connectivity index (χ1) is 10.4. The number of carboxylic acid groups (broad SMARTS) is 1. The fourth-order valence-corrected chi connectivity index (χ4v) is 3.34. The summed E-state index contributed by atoms with van der Waals surface area (Å²) in [4.78, 5) is 11.2. The number of hydrogen-bond acceptors (Lipinski definition) is 4. The Labute approximate surface area is 137 Å². The van der Waals surface area contributed by atoms with Crippen LogP contribution in [-0.2, 0) is 21.2 Å². The number of rotatable bonds is 6. The molecule has 2 aromatic carbocycles. The molecule has 7 heteroatoms. The van der Waals surface area contributed by atoms with Crippen LogP contribution < -0.4 is 9.83 Å². The number of carbonyl (C=O) groups excluding carboxylic acids is 1. The first-order valence-corrected chi connectivity index (χ1v) is 8.69. The summed E-state index contributed by atoms with van der Waals surface area (Å²) in [5, 5.41) is 11.2. The summed E-state index contributed by atoms with van der Waals surface area (Å²) in [5.41, 5.74) is 0.704. The van der Waals surface area contributed by atoms with Crippen molar-refractivity contribution in [2.75, 3.05) is 0 Å². The average Bonchev–Trinajstić information content (AvgIpc) is 2.48. The standard InChI is InChI=1S/C15H14BrNO4S/c16-12-6-8-13(9-7-12)22(20,21)17-14(15(18)19)10-11-4-2-1-3-5-11/h1-9,14,17H,10H2,(H,18,19)/p-1. The van der Waals surface area contributed by atoms with Crippen LogP contribution in [0.4, 0.5) is 0 Å². The second-order valence-corrected chi connectivity index (χ2v) is 7.27. The topological polar surface area (TPSA) is 86.3 Å². The smallest absolute Gasteiger partial charge is 0.241 e. The largest absolute Gasteiger partial charge is 0.548 e. The lowest BCUT2D eigenvalue weighted by Gasteiger charge is -2.20. The molecule has 2 rings (SSSR count). The fraction of sp³-hybridized carbons (Fsp3) is 0.133. The molecule has 1 N–H and O–H groups in total. The van der Waals surface area contributed by atoms with Gasteiger partial charge in [0.05, 0.1) is 16.9 Å². The van der Waals surface area contributed by atoms with Gasteiger partial charge >= 0.3 is 0 Å². The van der Waals surface area contributed by atoms with E-state index in [1.807, 2.05) is 0 Å². The highest BCUT2D eigenvalue weighted by Gasteiger charge is 2.21. The number of hydrogen-bond donors (Lipinski definition) is 1. The van der Waals surface area contributed by atoms with Crippen LogP contribution in [0.5, 0.6) is 0 Å². The van der Waals surface area contributed by atoms with Crippen LogP contribution in [-0.4, -0.2) is 20.4 Å².